The number of carbonyl (C=O) groups is 1. The fraction of sp³-hybridized carbons (Fsp3) is 0.111. The molecule has 0 aliphatic rings. The number of thiophene rings is 1. The maximum atomic E-state index is 12.3. The molecule has 0 unspecified atom stereocenters. The van der Waals surface area contributed by atoms with Crippen molar-refractivity contribution in [2.24, 2.45) is 5.10 Å². The number of fused-ring (bicyclic) bond motifs is 1. The molecule has 1 amide bonds. The van der Waals surface area contributed by atoms with E-state index in [9.17, 15) is 4.79 Å². The van der Waals surface area contributed by atoms with Gasteiger partial charge in [0.1, 0.15) is 4.88 Å². The first-order chi connectivity index (χ1) is 11.1. The predicted molar refractivity (Wildman–Crippen MR) is 97.8 cm³/mol. The van der Waals surface area contributed by atoms with E-state index in [1.54, 1.807) is 6.21 Å². The number of carbonyl (C=O) groups excluding carboxylic acids is 1. The highest BCUT2D eigenvalue weighted by Crippen LogP contribution is 2.35. The highest BCUT2D eigenvalue weighted by Gasteiger charge is 2.16. The number of hydrogen-bond donors (Lipinski definition) is 1. The molecular weight excluding hydrogens is 328 g/mol. The van der Waals surface area contributed by atoms with Gasteiger partial charge in [-0.15, -0.1) is 11.3 Å². The lowest BCUT2D eigenvalue weighted by Gasteiger charge is -1.99. The van der Waals surface area contributed by atoms with Gasteiger partial charge < -0.3 is 0 Å². The molecule has 0 aliphatic carbocycles. The van der Waals surface area contributed by atoms with E-state index in [-0.39, 0.29) is 5.91 Å². The molecule has 0 atom stereocenters. The summed E-state index contributed by atoms with van der Waals surface area (Å²) in [5, 5.41) is 5.41. The number of aryl methyl sites for hydroxylation is 2. The lowest BCUT2D eigenvalue weighted by atomic mass is 10.1. The Morgan fingerprint density at radius 3 is 2.78 bits per heavy atom. The lowest BCUT2D eigenvalue weighted by molar-refractivity contribution is 0.0959. The van der Waals surface area contributed by atoms with Crippen molar-refractivity contribution in [2.45, 2.75) is 13.8 Å². The summed E-state index contributed by atoms with van der Waals surface area (Å²) >= 11 is 7.70. The first-order valence-electron chi connectivity index (χ1n) is 7.14. The van der Waals surface area contributed by atoms with Gasteiger partial charge in [0.25, 0.3) is 5.91 Å². The van der Waals surface area contributed by atoms with Crippen molar-refractivity contribution in [3.63, 3.8) is 0 Å². The smallest absolute Gasteiger partial charge is 0.266 e. The molecular formula is C18H15ClN2OS. The Morgan fingerprint density at radius 1 is 1.22 bits per heavy atom. The second-order valence-electron chi connectivity index (χ2n) is 5.30. The van der Waals surface area contributed by atoms with Gasteiger partial charge in [-0.3, -0.25) is 4.79 Å². The number of nitrogens with zero attached hydrogens (tertiary/aromatic N) is 1. The molecule has 0 saturated carbocycles. The molecule has 0 aliphatic heterocycles. The van der Waals surface area contributed by atoms with E-state index in [1.807, 2.05) is 56.3 Å². The van der Waals surface area contributed by atoms with E-state index in [4.69, 9.17) is 11.6 Å². The monoisotopic (exact) mass is 342 g/mol. The maximum Gasteiger partial charge on any atom is 0.283 e. The van der Waals surface area contributed by atoms with E-state index in [0.717, 1.165) is 26.8 Å². The molecule has 3 nitrogen and oxygen atoms in total. The van der Waals surface area contributed by atoms with Crippen LogP contribution in [0.15, 0.2) is 47.6 Å². The number of nitrogens with one attached hydrogen (secondary N) is 1. The number of hydrogen-bond acceptors (Lipinski definition) is 3. The molecule has 1 heterocycles. The lowest BCUT2D eigenvalue weighted by Crippen LogP contribution is -2.16. The molecule has 1 N–H and O–H groups in total. The van der Waals surface area contributed by atoms with Gasteiger partial charge in [-0.2, -0.15) is 5.10 Å². The van der Waals surface area contributed by atoms with Crippen molar-refractivity contribution in [3.8, 4) is 0 Å². The molecule has 2 aromatic carbocycles. The molecule has 1 aromatic heterocycles. The number of halogens is 1. The van der Waals surface area contributed by atoms with Crippen LogP contribution in [0.25, 0.3) is 10.1 Å². The van der Waals surface area contributed by atoms with E-state index in [2.05, 4.69) is 10.5 Å². The third-order valence-corrected chi connectivity index (χ3v) is 5.21. The number of rotatable bonds is 3. The van der Waals surface area contributed by atoms with Gasteiger partial charge >= 0.3 is 0 Å². The Kier molecular flexibility index (Phi) is 4.46. The van der Waals surface area contributed by atoms with Crippen LogP contribution in [-0.4, -0.2) is 12.1 Å². The minimum atomic E-state index is -0.293. The summed E-state index contributed by atoms with van der Waals surface area (Å²) in [5.41, 5.74) is 5.75. The highest BCUT2D eigenvalue weighted by atomic mass is 35.5. The van der Waals surface area contributed by atoms with Crippen molar-refractivity contribution >= 4 is 45.1 Å². The first-order valence-corrected chi connectivity index (χ1v) is 8.33. The third kappa shape index (κ3) is 3.28. The quantitative estimate of drug-likeness (QED) is 0.532. The number of benzene rings is 2. The van der Waals surface area contributed by atoms with Gasteiger partial charge in [0.05, 0.1) is 11.2 Å². The average molecular weight is 343 g/mol. The zero-order valence-electron chi connectivity index (χ0n) is 12.8. The number of amides is 1. The SMILES string of the molecule is Cc1ccc2c(Cl)c(C(=O)N/N=C/c3ccccc3C)sc2c1. The van der Waals surface area contributed by atoms with Crippen LogP contribution < -0.4 is 5.43 Å². The summed E-state index contributed by atoms with van der Waals surface area (Å²) in [5.74, 6) is -0.293. The van der Waals surface area contributed by atoms with Gasteiger partial charge in [-0.1, -0.05) is 48.0 Å². The molecule has 0 fully saturated rings. The van der Waals surface area contributed by atoms with E-state index < -0.39 is 0 Å². The standard InChI is InChI=1S/C18H15ClN2OS/c1-11-7-8-14-15(9-11)23-17(16(14)19)18(22)21-20-10-13-6-4-3-5-12(13)2/h3-10H,1-2H3,(H,21,22)/b20-10+. The molecule has 0 spiro atoms. The first kappa shape index (κ1) is 15.7. The van der Waals surface area contributed by atoms with Crippen LogP contribution >= 0.6 is 22.9 Å². The largest absolute Gasteiger partial charge is 0.283 e. The Balaban J connectivity index is 1.81. The molecule has 5 heteroatoms. The van der Waals surface area contributed by atoms with Crippen molar-refractivity contribution in [2.75, 3.05) is 0 Å². The normalized spacial score (nSPS) is 11.3. The fourth-order valence-corrected chi connectivity index (χ4v) is 3.77. The Bertz CT molecular complexity index is 915. The topological polar surface area (TPSA) is 41.5 Å². The zero-order chi connectivity index (χ0) is 16.4. The Labute approximate surface area is 143 Å². The molecule has 0 bridgehead atoms. The summed E-state index contributed by atoms with van der Waals surface area (Å²) in [6, 6.07) is 13.8. The van der Waals surface area contributed by atoms with Crippen molar-refractivity contribution in [1.82, 2.24) is 5.43 Å². The van der Waals surface area contributed by atoms with Gasteiger partial charge in [-0.05, 0) is 36.6 Å². The highest BCUT2D eigenvalue weighted by molar-refractivity contribution is 7.21. The van der Waals surface area contributed by atoms with Crippen LogP contribution in [0.2, 0.25) is 5.02 Å². The van der Waals surface area contributed by atoms with E-state index in [0.29, 0.717) is 9.90 Å². The van der Waals surface area contributed by atoms with Gasteiger partial charge in [-0.25, -0.2) is 5.43 Å². The molecule has 116 valence electrons. The molecule has 23 heavy (non-hydrogen) atoms. The summed E-state index contributed by atoms with van der Waals surface area (Å²) in [4.78, 5) is 12.8. The van der Waals surface area contributed by atoms with E-state index >= 15 is 0 Å². The van der Waals surface area contributed by atoms with Gasteiger partial charge in [0.2, 0.25) is 0 Å². The van der Waals surface area contributed by atoms with Crippen LogP contribution in [0.4, 0.5) is 0 Å². The minimum absolute atomic E-state index is 0.293. The van der Waals surface area contributed by atoms with E-state index in [1.165, 1.54) is 11.3 Å². The van der Waals surface area contributed by atoms with Crippen molar-refractivity contribution in [1.29, 1.82) is 0 Å². The molecule has 3 aromatic rings. The summed E-state index contributed by atoms with van der Waals surface area (Å²) in [6.45, 7) is 4.01. The van der Waals surface area contributed by atoms with Gasteiger partial charge in [0, 0.05) is 10.1 Å². The van der Waals surface area contributed by atoms with Crippen LogP contribution in [0.5, 0.6) is 0 Å². The van der Waals surface area contributed by atoms with Crippen LogP contribution in [0.1, 0.15) is 26.4 Å². The summed E-state index contributed by atoms with van der Waals surface area (Å²) in [6.07, 6.45) is 1.64. The predicted octanol–water partition coefficient (Wildman–Crippen LogP) is 4.94. The summed E-state index contributed by atoms with van der Waals surface area (Å²) in [7, 11) is 0. The Hall–Kier alpha value is -2.17. The second-order valence-corrected chi connectivity index (χ2v) is 6.73. The molecule has 0 saturated heterocycles. The second kappa shape index (κ2) is 6.52. The van der Waals surface area contributed by atoms with Crippen LogP contribution in [-0.2, 0) is 0 Å². The fourth-order valence-electron chi connectivity index (χ4n) is 2.26. The third-order valence-electron chi connectivity index (χ3n) is 3.55. The minimum Gasteiger partial charge on any atom is -0.266 e. The Morgan fingerprint density at radius 2 is 2.00 bits per heavy atom. The number of hydrazone groups is 1. The average Bonchev–Trinajstić information content (AvgIpc) is 2.85. The van der Waals surface area contributed by atoms with Crippen LogP contribution in [0, 0.1) is 13.8 Å². The zero-order valence-corrected chi connectivity index (χ0v) is 14.3. The maximum absolute atomic E-state index is 12.3. The summed E-state index contributed by atoms with van der Waals surface area (Å²) < 4.78 is 1.00. The van der Waals surface area contributed by atoms with Crippen LogP contribution in [0.3, 0.4) is 0 Å². The molecule has 3 rings (SSSR count). The van der Waals surface area contributed by atoms with Crippen molar-refractivity contribution in [3.05, 3.63) is 69.1 Å². The molecule has 0 radical (unpaired) electrons. The van der Waals surface area contributed by atoms with Crippen molar-refractivity contribution < 1.29 is 4.79 Å². The van der Waals surface area contributed by atoms with Gasteiger partial charge in [0.15, 0.2) is 0 Å².